The zero-order chi connectivity index (χ0) is 11.5. The predicted molar refractivity (Wildman–Crippen MR) is 58.5 cm³/mol. The molecule has 0 bridgehead atoms. The number of anilines is 2. The van der Waals surface area contributed by atoms with Gasteiger partial charge in [-0.3, -0.25) is 4.72 Å². The summed E-state index contributed by atoms with van der Waals surface area (Å²) >= 11 is 0. The van der Waals surface area contributed by atoms with Gasteiger partial charge < -0.3 is 5.73 Å². The molecular weight excluding hydrogens is 219 g/mol. The molecule has 0 radical (unpaired) electrons. The van der Waals surface area contributed by atoms with Crippen LogP contribution in [0.1, 0.15) is 13.3 Å². The molecular formula is C9H13FN2O2S. The van der Waals surface area contributed by atoms with Crippen LogP contribution in [0.25, 0.3) is 0 Å². The van der Waals surface area contributed by atoms with E-state index in [4.69, 9.17) is 5.73 Å². The van der Waals surface area contributed by atoms with Gasteiger partial charge in [0.2, 0.25) is 10.0 Å². The molecule has 1 aromatic rings. The molecule has 0 unspecified atom stereocenters. The van der Waals surface area contributed by atoms with Gasteiger partial charge in [-0.25, -0.2) is 12.8 Å². The molecule has 0 atom stereocenters. The topological polar surface area (TPSA) is 72.2 Å². The number of halogens is 1. The first-order valence-electron chi connectivity index (χ1n) is 4.50. The second-order valence-electron chi connectivity index (χ2n) is 3.13. The van der Waals surface area contributed by atoms with Crippen LogP contribution < -0.4 is 10.5 Å². The largest absolute Gasteiger partial charge is 0.396 e. The van der Waals surface area contributed by atoms with Crippen molar-refractivity contribution in [2.45, 2.75) is 13.3 Å². The standard InChI is InChI=1S/C9H13FN2O2S/c1-2-6-15(13,14)12-8-5-3-4-7(11)9(8)10/h3-5,12H,2,6,11H2,1H3. The smallest absolute Gasteiger partial charge is 0.232 e. The van der Waals surface area contributed by atoms with Crippen LogP contribution in [-0.2, 0) is 10.0 Å². The molecule has 84 valence electrons. The number of sulfonamides is 1. The lowest BCUT2D eigenvalue weighted by atomic mass is 10.3. The Labute approximate surface area is 88.3 Å². The van der Waals surface area contributed by atoms with Crippen molar-refractivity contribution in [2.75, 3.05) is 16.2 Å². The van der Waals surface area contributed by atoms with E-state index in [1.165, 1.54) is 18.2 Å². The lowest BCUT2D eigenvalue weighted by molar-refractivity contribution is 0.597. The van der Waals surface area contributed by atoms with Crippen LogP contribution in [0.15, 0.2) is 18.2 Å². The molecule has 3 N–H and O–H groups in total. The molecule has 0 heterocycles. The zero-order valence-electron chi connectivity index (χ0n) is 8.33. The third-order valence-electron chi connectivity index (χ3n) is 1.77. The summed E-state index contributed by atoms with van der Waals surface area (Å²) < 4.78 is 38.2. The lowest BCUT2D eigenvalue weighted by Crippen LogP contribution is -2.17. The van der Waals surface area contributed by atoms with E-state index in [0.717, 1.165) is 0 Å². The summed E-state index contributed by atoms with van der Waals surface area (Å²) in [6.07, 6.45) is 0.471. The van der Waals surface area contributed by atoms with Crippen molar-refractivity contribution in [1.29, 1.82) is 0 Å². The van der Waals surface area contributed by atoms with Gasteiger partial charge in [-0.05, 0) is 18.6 Å². The molecule has 1 aromatic carbocycles. The summed E-state index contributed by atoms with van der Waals surface area (Å²) in [7, 11) is -3.47. The van der Waals surface area contributed by atoms with Gasteiger partial charge in [0.15, 0.2) is 5.82 Å². The van der Waals surface area contributed by atoms with Crippen LogP contribution in [0.4, 0.5) is 15.8 Å². The van der Waals surface area contributed by atoms with Crippen molar-refractivity contribution in [3.8, 4) is 0 Å². The Kier molecular flexibility index (Phi) is 3.52. The van der Waals surface area contributed by atoms with Crippen LogP contribution in [-0.4, -0.2) is 14.2 Å². The molecule has 0 amide bonds. The quantitative estimate of drug-likeness (QED) is 0.774. The molecule has 0 saturated carbocycles. The van der Waals surface area contributed by atoms with Crippen molar-refractivity contribution < 1.29 is 12.8 Å². The fourth-order valence-corrected chi connectivity index (χ4v) is 2.25. The van der Waals surface area contributed by atoms with Gasteiger partial charge in [-0.1, -0.05) is 13.0 Å². The third-order valence-corrected chi connectivity index (χ3v) is 3.24. The first-order chi connectivity index (χ1) is 6.96. The molecule has 0 aliphatic carbocycles. The number of nitrogens with two attached hydrogens (primary N) is 1. The molecule has 4 nitrogen and oxygen atoms in total. The van der Waals surface area contributed by atoms with E-state index in [9.17, 15) is 12.8 Å². The molecule has 0 aromatic heterocycles. The highest BCUT2D eigenvalue weighted by Crippen LogP contribution is 2.20. The summed E-state index contributed by atoms with van der Waals surface area (Å²) in [5.41, 5.74) is 5.12. The maximum Gasteiger partial charge on any atom is 0.232 e. The highest BCUT2D eigenvalue weighted by Gasteiger charge is 2.12. The first kappa shape index (κ1) is 11.8. The SMILES string of the molecule is CCCS(=O)(=O)Nc1cccc(N)c1F. The molecule has 15 heavy (non-hydrogen) atoms. The molecule has 6 heteroatoms. The minimum atomic E-state index is -3.47. The van der Waals surface area contributed by atoms with Gasteiger partial charge in [0.05, 0.1) is 17.1 Å². The average Bonchev–Trinajstić information content (AvgIpc) is 2.12. The predicted octanol–water partition coefficient (Wildman–Crippen LogP) is 1.56. The fraction of sp³-hybridized carbons (Fsp3) is 0.333. The van der Waals surface area contributed by atoms with Crippen LogP contribution >= 0.6 is 0 Å². The van der Waals surface area contributed by atoms with E-state index in [-0.39, 0.29) is 17.1 Å². The number of hydrogen-bond acceptors (Lipinski definition) is 3. The summed E-state index contributed by atoms with van der Waals surface area (Å²) in [5, 5.41) is 0. The Morgan fingerprint density at radius 1 is 1.47 bits per heavy atom. The monoisotopic (exact) mass is 232 g/mol. The Balaban J connectivity index is 2.95. The van der Waals surface area contributed by atoms with Crippen LogP contribution in [0.3, 0.4) is 0 Å². The Hall–Kier alpha value is -1.30. The van der Waals surface area contributed by atoms with E-state index in [0.29, 0.717) is 6.42 Å². The van der Waals surface area contributed by atoms with Gasteiger partial charge in [0.1, 0.15) is 0 Å². The zero-order valence-corrected chi connectivity index (χ0v) is 9.14. The van der Waals surface area contributed by atoms with E-state index in [1.807, 2.05) is 0 Å². The Morgan fingerprint density at radius 3 is 2.73 bits per heavy atom. The number of hydrogen-bond donors (Lipinski definition) is 2. The summed E-state index contributed by atoms with van der Waals surface area (Å²) in [6.45, 7) is 1.73. The molecule has 0 fully saturated rings. The van der Waals surface area contributed by atoms with E-state index < -0.39 is 15.8 Å². The lowest BCUT2D eigenvalue weighted by Gasteiger charge is -2.08. The summed E-state index contributed by atoms with van der Waals surface area (Å²) in [5.74, 6) is -0.779. The van der Waals surface area contributed by atoms with E-state index in [1.54, 1.807) is 6.92 Å². The molecule has 1 rings (SSSR count). The highest BCUT2D eigenvalue weighted by atomic mass is 32.2. The number of benzene rings is 1. The van der Waals surface area contributed by atoms with Crippen molar-refractivity contribution >= 4 is 21.4 Å². The van der Waals surface area contributed by atoms with Gasteiger partial charge in [0.25, 0.3) is 0 Å². The van der Waals surface area contributed by atoms with Crippen molar-refractivity contribution in [2.24, 2.45) is 0 Å². The van der Waals surface area contributed by atoms with Crippen molar-refractivity contribution in [1.82, 2.24) is 0 Å². The first-order valence-corrected chi connectivity index (χ1v) is 6.16. The van der Waals surface area contributed by atoms with Crippen molar-refractivity contribution in [3.63, 3.8) is 0 Å². The normalized spacial score (nSPS) is 11.3. The molecule has 0 aliphatic rings. The molecule has 0 spiro atoms. The van der Waals surface area contributed by atoms with Gasteiger partial charge in [0, 0.05) is 0 Å². The summed E-state index contributed by atoms with van der Waals surface area (Å²) in [6, 6.07) is 4.19. The van der Waals surface area contributed by atoms with E-state index in [2.05, 4.69) is 4.72 Å². The number of nitrogen functional groups attached to an aromatic ring is 1. The van der Waals surface area contributed by atoms with Gasteiger partial charge in [-0.2, -0.15) is 0 Å². The van der Waals surface area contributed by atoms with Crippen molar-refractivity contribution in [3.05, 3.63) is 24.0 Å². The van der Waals surface area contributed by atoms with Crippen LogP contribution in [0.2, 0.25) is 0 Å². The molecule has 0 saturated heterocycles. The summed E-state index contributed by atoms with van der Waals surface area (Å²) in [4.78, 5) is 0. The maximum atomic E-state index is 13.3. The maximum absolute atomic E-state index is 13.3. The third kappa shape index (κ3) is 3.09. The highest BCUT2D eigenvalue weighted by molar-refractivity contribution is 7.92. The van der Waals surface area contributed by atoms with E-state index >= 15 is 0 Å². The second kappa shape index (κ2) is 4.48. The number of nitrogens with one attached hydrogen (secondary N) is 1. The minimum Gasteiger partial charge on any atom is -0.396 e. The van der Waals surface area contributed by atoms with Gasteiger partial charge >= 0.3 is 0 Å². The fourth-order valence-electron chi connectivity index (χ4n) is 1.12. The minimum absolute atomic E-state index is 0.0404. The van der Waals surface area contributed by atoms with Crippen LogP contribution in [0.5, 0.6) is 0 Å². The average molecular weight is 232 g/mol. The van der Waals surface area contributed by atoms with Crippen LogP contribution in [0, 0.1) is 5.82 Å². The Bertz CT molecular complexity index is 445. The second-order valence-corrected chi connectivity index (χ2v) is 4.97. The van der Waals surface area contributed by atoms with Gasteiger partial charge in [-0.15, -0.1) is 0 Å². The molecule has 0 aliphatic heterocycles. The number of rotatable bonds is 4. The Morgan fingerprint density at radius 2 is 2.13 bits per heavy atom.